The van der Waals surface area contributed by atoms with E-state index in [-0.39, 0.29) is 12.2 Å². The van der Waals surface area contributed by atoms with Gasteiger partial charge in [-0.05, 0) is 29.5 Å². The van der Waals surface area contributed by atoms with E-state index in [1.54, 1.807) is 0 Å². The van der Waals surface area contributed by atoms with Gasteiger partial charge in [0, 0.05) is 0 Å². The van der Waals surface area contributed by atoms with E-state index < -0.39 is 8.32 Å². The van der Waals surface area contributed by atoms with Gasteiger partial charge in [0.2, 0.25) is 8.32 Å². The Balaban J connectivity index is 2.89. The Labute approximate surface area is 114 Å². The van der Waals surface area contributed by atoms with Crippen molar-refractivity contribution < 1.29 is 9.53 Å². The quantitative estimate of drug-likeness (QED) is 0.748. The first-order valence-electron chi connectivity index (χ1n) is 7.68. The molecular weight excluding hydrogens is 240 g/mol. The Bertz CT molecular complexity index is 229. The summed E-state index contributed by atoms with van der Waals surface area (Å²) in [5, 5.41) is 10.2. The molecule has 3 heteroatoms. The minimum absolute atomic E-state index is 0.0950. The molecule has 1 fully saturated rings. The molecule has 0 heterocycles. The standard InChI is InChI=1S/C15H32O2Si/c1-11(2)18(12(3)4,13(5)6)17-15-10-8-7-9-14(15)16/h11-16H,7-10H2,1-6H3/t14-,15-/m1/s1. The van der Waals surface area contributed by atoms with Crippen LogP contribution in [0.3, 0.4) is 0 Å². The van der Waals surface area contributed by atoms with Crippen LogP contribution in [0.2, 0.25) is 16.6 Å². The molecule has 0 aliphatic heterocycles. The van der Waals surface area contributed by atoms with Gasteiger partial charge in [-0.25, -0.2) is 0 Å². The lowest BCUT2D eigenvalue weighted by Crippen LogP contribution is -2.52. The fourth-order valence-electron chi connectivity index (χ4n) is 3.89. The maximum Gasteiger partial charge on any atom is 0.200 e. The molecule has 1 saturated carbocycles. The highest BCUT2D eigenvalue weighted by Gasteiger charge is 2.47. The van der Waals surface area contributed by atoms with Crippen molar-refractivity contribution in [2.24, 2.45) is 0 Å². The smallest absolute Gasteiger partial charge is 0.200 e. The van der Waals surface area contributed by atoms with Gasteiger partial charge in [-0.2, -0.15) is 0 Å². The molecule has 1 rings (SSSR count). The number of rotatable bonds is 5. The lowest BCUT2D eigenvalue weighted by atomic mass is 9.95. The van der Waals surface area contributed by atoms with Gasteiger partial charge in [0.05, 0.1) is 12.2 Å². The second kappa shape index (κ2) is 6.53. The summed E-state index contributed by atoms with van der Waals surface area (Å²) < 4.78 is 6.66. The van der Waals surface area contributed by atoms with Crippen LogP contribution in [0.25, 0.3) is 0 Å². The second-order valence-electron chi connectivity index (χ2n) is 6.83. The molecule has 0 aromatic rings. The minimum atomic E-state index is -1.82. The largest absolute Gasteiger partial charge is 0.411 e. The average molecular weight is 273 g/mol. The molecule has 0 unspecified atom stereocenters. The Kier molecular flexibility index (Phi) is 5.88. The first-order valence-corrected chi connectivity index (χ1v) is 9.82. The predicted octanol–water partition coefficient (Wildman–Crippen LogP) is 4.48. The Morgan fingerprint density at radius 2 is 1.33 bits per heavy atom. The Hall–Kier alpha value is 0.137. The van der Waals surface area contributed by atoms with Gasteiger partial charge in [-0.1, -0.05) is 54.4 Å². The first-order chi connectivity index (χ1) is 8.32. The zero-order chi connectivity index (χ0) is 13.9. The van der Waals surface area contributed by atoms with Gasteiger partial charge >= 0.3 is 0 Å². The summed E-state index contributed by atoms with van der Waals surface area (Å²) in [6, 6.07) is 0. The van der Waals surface area contributed by atoms with Crippen LogP contribution < -0.4 is 0 Å². The van der Waals surface area contributed by atoms with Crippen molar-refractivity contribution in [3.05, 3.63) is 0 Å². The highest BCUT2D eigenvalue weighted by atomic mass is 28.4. The topological polar surface area (TPSA) is 29.5 Å². The van der Waals surface area contributed by atoms with Crippen molar-refractivity contribution in [3.63, 3.8) is 0 Å². The van der Waals surface area contributed by atoms with Gasteiger partial charge in [0.25, 0.3) is 0 Å². The fraction of sp³-hybridized carbons (Fsp3) is 1.00. The number of hydrogen-bond acceptors (Lipinski definition) is 2. The zero-order valence-corrected chi connectivity index (χ0v) is 14.1. The third kappa shape index (κ3) is 3.17. The van der Waals surface area contributed by atoms with Crippen LogP contribution in [0.15, 0.2) is 0 Å². The molecule has 0 saturated heterocycles. The van der Waals surface area contributed by atoms with E-state index in [1.807, 2.05) is 0 Å². The molecule has 108 valence electrons. The van der Waals surface area contributed by atoms with Crippen LogP contribution in [0.1, 0.15) is 67.2 Å². The normalized spacial score (nSPS) is 26.3. The highest BCUT2D eigenvalue weighted by Crippen LogP contribution is 2.44. The SMILES string of the molecule is CC(C)[Si](O[C@@H]1CCCC[C@H]1O)(C(C)C)C(C)C. The van der Waals surface area contributed by atoms with Crippen molar-refractivity contribution in [1.29, 1.82) is 0 Å². The van der Waals surface area contributed by atoms with Crippen molar-refractivity contribution >= 4 is 8.32 Å². The van der Waals surface area contributed by atoms with Crippen molar-refractivity contribution in [2.45, 2.75) is 96.1 Å². The summed E-state index contributed by atoms with van der Waals surface area (Å²) >= 11 is 0. The monoisotopic (exact) mass is 272 g/mol. The van der Waals surface area contributed by atoms with Crippen LogP contribution in [0.5, 0.6) is 0 Å². The molecule has 0 aromatic carbocycles. The van der Waals surface area contributed by atoms with Crippen molar-refractivity contribution in [2.75, 3.05) is 0 Å². The maximum atomic E-state index is 10.2. The average Bonchev–Trinajstić information content (AvgIpc) is 2.26. The van der Waals surface area contributed by atoms with Gasteiger partial charge in [-0.3, -0.25) is 0 Å². The molecule has 0 amide bonds. The third-order valence-electron chi connectivity index (χ3n) is 4.73. The van der Waals surface area contributed by atoms with Crippen LogP contribution in [-0.2, 0) is 4.43 Å². The van der Waals surface area contributed by atoms with Crippen LogP contribution in [-0.4, -0.2) is 25.6 Å². The van der Waals surface area contributed by atoms with E-state index in [2.05, 4.69) is 41.5 Å². The second-order valence-corrected chi connectivity index (χ2v) is 12.2. The van der Waals surface area contributed by atoms with E-state index in [9.17, 15) is 5.11 Å². The molecule has 2 nitrogen and oxygen atoms in total. The summed E-state index contributed by atoms with van der Waals surface area (Å²) in [6.45, 7) is 13.8. The molecular formula is C15H32O2Si. The maximum absolute atomic E-state index is 10.2. The lowest BCUT2D eigenvalue weighted by molar-refractivity contribution is -0.00313. The van der Waals surface area contributed by atoms with E-state index in [0.29, 0.717) is 16.6 Å². The third-order valence-corrected chi connectivity index (χ3v) is 10.9. The fourth-order valence-corrected chi connectivity index (χ4v) is 9.50. The van der Waals surface area contributed by atoms with Crippen LogP contribution in [0.4, 0.5) is 0 Å². The molecule has 18 heavy (non-hydrogen) atoms. The minimum Gasteiger partial charge on any atom is -0.411 e. The summed E-state index contributed by atoms with van der Waals surface area (Å²) in [6.07, 6.45) is 4.19. The first kappa shape index (κ1) is 16.2. The van der Waals surface area contributed by atoms with Crippen molar-refractivity contribution in [1.82, 2.24) is 0 Å². The van der Waals surface area contributed by atoms with Gasteiger partial charge < -0.3 is 9.53 Å². The molecule has 0 radical (unpaired) electrons. The highest BCUT2D eigenvalue weighted by molar-refractivity contribution is 6.77. The number of aliphatic hydroxyl groups is 1. The lowest BCUT2D eigenvalue weighted by Gasteiger charge is -2.46. The molecule has 0 aromatic heterocycles. The van der Waals surface area contributed by atoms with Gasteiger partial charge in [-0.15, -0.1) is 0 Å². The molecule has 1 aliphatic carbocycles. The summed E-state index contributed by atoms with van der Waals surface area (Å²) in [5.41, 5.74) is 1.81. The molecule has 2 atom stereocenters. The van der Waals surface area contributed by atoms with Crippen LogP contribution in [0, 0.1) is 0 Å². The Morgan fingerprint density at radius 1 is 0.889 bits per heavy atom. The van der Waals surface area contributed by atoms with Gasteiger partial charge in [0.1, 0.15) is 0 Å². The predicted molar refractivity (Wildman–Crippen MR) is 80.4 cm³/mol. The van der Waals surface area contributed by atoms with Crippen molar-refractivity contribution in [3.8, 4) is 0 Å². The molecule has 0 spiro atoms. The summed E-state index contributed by atoms with van der Waals surface area (Å²) in [4.78, 5) is 0. The van der Waals surface area contributed by atoms with E-state index in [1.165, 1.54) is 6.42 Å². The van der Waals surface area contributed by atoms with E-state index in [4.69, 9.17) is 4.43 Å². The number of hydrogen-bond donors (Lipinski definition) is 1. The van der Waals surface area contributed by atoms with Crippen LogP contribution >= 0.6 is 0 Å². The van der Waals surface area contributed by atoms with E-state index in [0.717, 1.165) is 19.3 Å². The summed E-state index contributed by atoms with van der Waals surface area (Å²) in [7, 11) is -1.82. The van der Waals surface area contributed by atoms with Gasteiger partial charge in [0.15, 0.2) is 0 Å². The van der Waals surface area contributed by atoms with E-state index >= 15 is 0 Å². The molecule has 1 aliphatic rings. The summed E-state index contributed by atoms with van der Waals surface area (Å²) in [5.74, 6) is 0. The Morgan fingerprint density at radius 3 is 1.72 bits per heavy atom. The molecule has 0 bridgehead atoms. The zero-order valence-electron chi connectivity index (χ0n) is 13.1. The molecule has 1 N–H and O–H groups in total. The number of aliphatic hydroxyl groups excluding tert-OH is 1.